The highest BCUT2D eigenvalue weighted by molar-refractivity contribution is 7.17. The Bertz CT molecular complexity index is 2000. The van der Waals surface area contributed by atoms with E-state index in [1.54, 1.807) is 11.3 Å². The Morgan fingerprint density at radius 2 is 1.37 bits per heavy atom. The van der Waals surface area contributed by atoms with Crippen molar-refractivity contribution in [3.05, 3.63) is 138 Å². The molecule has 2 aromatic heterocycles. The fraction of sp³-hybridized carbons (Fsp3) is 0.0789. The zero-order valence-electron chi connectivity index (χ0n) is 23.4. The average molecular weight is 547 g/mol. The molecule has 2 nitrogen and oxygen atoms in total. The van der Waals surface area contributed by atoms with Gasteiger partial charge < -0.3 is 0 Å². The maximum absolute atomic E-state index is 5.32. The third-order valence-electron chi connectivity index (χ3n) is 7.91. The number of rotatable bonds is 5. The van der Waals surface area contributed by atoms with E-state index in [1.165, 1.54) is 49.0 Å². The monoisotopic (exact) mass is 546 g/mol. The van der Waals surface area contributed by atoms with E-state index in [0.29, 0.717) is 0 Å². The number of nitrogens with zero attached hydrogens (tertiary/aromatic N) is 2. The second-order valence-corrected chi connectivity index (χ2v) is 11.4. The van der Waals surface area contributed by atoms with E-state index in [-0.39, 0.29) is 0 Å². The Hall–Kier alpha value is -4.73. The predicted molar refractivity (Wildman–Crippen MR) is 177 cm³/mol. The standard InChI is InChI=1S/C38H30N2S/c1-4-26(3)29-19-20-36-32(23-29)33(24-41-36)38-39-34-17-11-12-18-35(34)40(38)37-30(27-13-7-5-8-14-27)21-25(2)22-31(37)28-15-9-6-10-16-28/h4-24H,1-3H3/b26-4-. The van der Waals surface area contributed by atoms with Gasteiger partial charge in [-0.3, -0.25) is 4.57 Å². The van der Waals surface area contributed by atoms with Crippen molar-refractivity contribution in [3.8, 4) is 39.3 Å². The van der Waals surface area contributed by atoms with Gasteiger partial charge in [0.2, 0.25) is 0 Å². The van der Waals surface area contributed by atoms with E-state index in [2.05, 4.69) is 152 Å². The minimum Gasteiger partial charge on any atom is -0.291 e. The van der Waals surface area contributed by atoms with Crippen LogP contribution in [0, 0.1) is 6.92 Å². The highest BCUT2D eigenvalue weighted by Crippen LogP contribution is 2.43. The molecule has 0 aliphatic heterocycles. The van der Waals surface area contributed by atoms with Crippen LogP contribution in [0.1, 0.15) is 25.0 Å². The van der Waals surface area contributed by atoms with Gasteiger partial charge in [0.05, 0.1) is 16.7 Å². The molecule has 0 N–H and O–H groups in total. The number of fused-ring (bicyclic) bond motifs is 2. The molecule has 0 aliphatic carbocycles. The van der Waals surface area contributed by atoms with Crippen molar-refractivity contribution in [3.63, 3.8) is 0 Å². The van der Waals surface area contributed by atoms with Gasteiger partial charge in [-0.15, -0.1) is 11.3 Å². The van der Waals surface area contributed by atoms with Crippen molar-refractivity contribution in [1.82, 2.24) is 9.55 Å². The lowest BCUT2D eigenvalue weighted by Gasteiger charge is -2.20. The highest BCUT2D eigenvalue weighted by Gasteiger charge is 2.23. The maximum atomic E-state index is 5.32. The van der Waals surface area contributed by atoms with Crippen LogP contribution < -0.4 is 0 Å². The minimum absolute atomic E-state index is 0.964. The zero-order valence-corrected chi connectivity index (χ0v) is 24.2. The topological polar surface area (TPSA) is 17.8 Å². The Balaban J connectivity index is 1.62. The Morgan fingerprint density at radius 3 is 2.02 bits per heavy atom. The number of para-hydroxylation sites is 2. The first-order valence-corrected chi connectivity index (χ1v) is 14.9. The van der Waals surface area contributed by atoms with Crippen molar-refractivity contribution >= 4 is 38.0 Å². The van der Waals surface area contributed by atoms with Crippen molar-refractivity contribution < 1.29 is 0 Å². The molecule has 0 bridgehead atoms. The summed E-state index contributed by atoms with van der Waals surface area (Å²) >= 11 is 1.78. The molecule has 7 aromatic rings. The SMILES string of the molecule is C/C=C(/C)c1ccc2scc(-c3nc4ccccc4n3-c3c(-c4ccccc4)cc(C)cc3-c3ccccc3)c2c1. The number of imidazole rings is 1. The predicted octanol–water partition coefficient (Wildman–Crippen LogP) is 11.0. The molecule has 198 valence electrons. The normalized spacial score (nSPS) is 11.9. The summed E-state index contributed by atoms with van der Waals surface area (Å²) in [4.78, 5) is 5.32. The zero-order chi connectivity index (χ0) is 27.9. The summed E-state index contributed by atoms with van der Waals surface area (Å²) in [5, 5.41) is 3.51. The summed E-state index contributed by atoms with van der Waals surface area (Å²) in [5.41, 5.74) is 12.9. The minimum atomic E-state index is 0.964. The summed E-state index contributed by atoms with van der Waals surface area (Å²) in [6.07, 6.45) is 2.17. The second kappa shape index (κ2) is 10.3. The van der Waals surface area contributed by atoms with Gasteiger partial charge in [0.1, 0.15) is 5.82 Å². The van der Waals surface area contributed by atoms with Crippen LogP contribution >= 0.6 is 11.3 Å². The molecule has 0 amide bonds. The van der Waals surface area contributed by atoms with Gasteiger partial charge in [0.15, 0.2) is 0 Å². The molecule has 0 radical (unpaired) electrons. The third-order valence-corrected chi connectivity index (χ3v) is 8.87. The fourth-order valence-electron chi connectivity index (χ4n) is 5.74. The van der Waals surface area contributed by atoms with Gasteiger partial charge in [0, 0.05) is 32.2 Å². The van der Waals surface area contributed by atoms with Crippen molar-refractivity contribution in [2.24, 2.45) is 0 Å². The summed E-state index contributed by atoms with van der Waals surface area (Å²) < 4.78 is 3.66. The molecule has 0 aliphatic rings. The highest BCUT2D eigenvalue weighted by atomic mass is 32.1. The van der Waals surface area contributed by atoms with Gasteiger partial charge in [-0.2, -0.15) is 0 Å². The van der Waals surface area contributed by atoms with Crippen LogP contribution in [-0.4, -0.2) is 9.55 Å². The molecule has 0 fully saturated rings. The van der Waals surface area contributed by atoms with E-state index in [4.69, 9.17) is 4.98 Å². The molecule has 41 heavy (non-hydrogen) atoms. The van der Waals surface area contributed by atoms with Crippen LogP contribution in [0.5, 0.6) is 0 Å². The van der Waals surface area contributed by atoms with Crippen LogP contribution in [0.3, 0.4) is 0 Å². The molecule has 0 spiro atoms. The number of hydrogen-bond acceptors (Lipinski definition) is 2. The lowest BCUT2D eigenvalue weighted by molar-refractivity contribution is 1.11. The molecule has 0 atom stereocenters. The Labute approximate surface area is 244 Å². The van der Waals surface area contributed by atoms with Crippen molar-refractivity contribution in [2.75, 3.05) is 0 Å². The maximum Gasteiger partial charge on any atom is 0.147 e. The molecule has 5 aromatic carbocycles. The number of thiophene rings is 1. The number of benzene rings is 5. The molecular weight excluding hydrogens is 516 g/mol. The largest absolute Gasteiger partial charge is 0.291 e. The summed E-state index contributed by atoms with van der Waals surface area (Å²) in [6.45, 7) is 6.46. The van der Waals surface area contributed by atoms with Crippen LogP contribution in [0.2, 0.25) is 0 Å². The molecule has 0 unspecified atom stereocenters. The average Bonchev–Trinajstić information content (AvgIpc) is 3.62. The number of hydrogen-bond donors (Lipinski definition) is 0. The first-order chi connectivity index (χ1) is 20.1. The molecule has 7 rings (SSSR count). The quantitative estimate of drug-likeness (QED) is 0.210. The van der Waals surface area contributed by atoms with Gasteiger partial charge in [-0.05, 0) is 85.0 Å². The van der Waals surface area contributed by atoms with Crippen LogP contribution in [-0.2, 0) is 0 Å². The van der Waals surface area contributed by atoms with Gasteiger partial charge in [-0.25, -0.2) is 4.98 Å². The number of aryl methyl sites for hydroxylation is 1. The Kier molecular flexibility index (Phi) is 6.37. The molecule has 2 heterocycles. The van der Waals surface area contributed by atoms with Crippen LogP contribution in [0.25, 0.3) is 66.0 Å². The van der Waals surface area contributed by atoms with Gasteiger partial charge >= 0.3 is 0 Å². The second-order valence-electron chi connectivity index (χ2n) is 10.5. The van der Waals surface area contributed by atoms with E-state index in [0.717, 1.165) is 28.1 Å². The van der Waals surface area contributed by atoms with Gasteiger partial charge in [-0.1, -0.05) is 84.9 Å². The number of aromatic nitrogens is 2. The van der Waals surface area contributed by atoms with Crippen molar-refractivity contribution in [2.45, 2.75) is 20.8 Å². The van der Waals surface area contributed by atoms with E-state index in [1.807, 2.05) is 0 Å². The third kappa shape index (κ3) is 4.39. The lowest BCUT2D eigenvalue weighted by atomic mass is 9.93. The van der Waals surface area contributed by atoms with E-state index in [9.17, 15) is 0 Å². The number of allylic oxidation sites excluding steroid dienone is 2. The molecule has 0 saturated heterocycles. The van der Waals surface area contributed by atoms with Crippen LogP contribution in [0.15, 0.2) is 127 Å². The fourth-order valence-corrected chi connectivity index (χ4v) is 6.66. The molecular formula is C38H30N2S. The smallest absolute Gasteiger partial charge is 0.147 e. The summed E-state index contributed by atoms with van der Waals surface area (Å²) in [7, 11) is 0. The van der Waals surface area contributed by atoms with E-state index >= 15 is 0 Å². The lowest BCUT2D eigenvalue weighted by Crippen LogP contribution is -2.03. The van der Waals surface area contributed by atoms with E-state index < -0.39 is 0 Å². The summed E-state index contributed by atoms with van der Waals surface area (Å²) in [6, 6.07) is 41.4. The van der Waals surface area contributed by atoms with Crippen LogP contribution in [0.4, 0.5) is 0 Å². The first kappa shape index (κ1) is 25.3. The summed E-state index contributed by atoms with van der Waals surface area (Å²) in [5.74, 6) is 0.964. The Morgan fingerprint density at radius 1 is 0.732 bits per heavy atom. The molecule has 3 heteroatoms. The van der Waals surface area contributed by atoms with Crippen molar-refractivity contribution in [1.29, 1.82) is 0 Å². The molecule has 0 saturated carbocycles. The first-order valence-electron chi connectivity index (χ1n) is 14.0. The van der Waals surface area contributed by atoms with Gasteiger partial charge in [0.25, 0.3) is 0 Å².